The minimum atomic E-state index is -0.257. The Morgan fingerprint density at radius 3 is 2.52 bits per heavy atom. The second-order valence-electron chi connectivity index (χ2n) is 7.42. The number of hydrogen-bond acceptors (Lipinski definition) is 5. The van der Waals surface area contributed by atoms with Crippen LogP contribution in [0.1, 0.15) is 36.5 Å². The number of carbonyl (C=O) groups excluding carboxylic acids is 2. The number of urea groups is 1. The Morgan fingerprint density at radius 2 is 1.83 bits per heavy atom. The molecule has 8 nitrogen and oxygen atoms in total. The van der Waals surface area contributed by atoms with Gasteiger partial charge in [0, 0.05) is 51.6 Å². The van der Waals surface area contributed by atoms with Crippen molar-refractivity contribution in [1.82, 2.24) is 15.5 Å². The first-order chi connectivity index (χ1) is 14.0. The zero-order valence-electron chi connectivity index (χ0n) is 17.9. The summed E-state index contributed by atoms with van der Waals surface area (Å²) in [6.07, 6.45) is 2.85. The minimum absolute atomic E-state index is 0.134. The van der Waals surface area contributed by atoms with E-state index in [1.807, 2.05) is 31.1 Å². The molecule has 3 N–H and O–H groups in total. The fourth-order valence-electron chi connectivity index (χ4n) is 3.16. The predicted molar refractivity (Wildman–Crippen MR) is 117 cm³/mol. The maximum absolute atomic E-state index is 12.8. The molecule has 1 fully saturated rings. The van der Waals surface area contributed by atoms with Gasteiger partial charge in [-0.15, -0.1) is 0 Å². The van der Waals surface area contributed by atoms with E-state index >= 15 is 0 Å². The normalized spacial score (nSPS) is 14.3. The van der Waals surface area contributed by atoms with Gasteiger partial charge in [0.2, 0.25) is 0 Å². The SMILES string of the molecule is CCCCNC(=O)Nc1ccc(N(C)C)c(C(=O)NCCCN2CCOCC2)c1. The van der Waals surface area contributed by atoms with Gasteiger partial charge in [0.05, 0.1) is 18.8 Å². The van der Waals surface area contributed by atoms with E-state index < -0.39 is 0 Å². The monoisotopic (exact) mass is 405 g/mol. The molecule has 1 aliphatic rings. The van der Waals surface area contributed by atoms with Crippen LogP contribution < -0.4 is 20.9 Å². The quantitative estimate of drug-likeness (QED) is 0.519. The Balaban J connectivity index is 1.91. The van der Waals surface area contributed by atoms with E-state index in [4.69, 9.17) is 4.74 Å². The van der Waals surface area contributed by atoms with Crippen molar-refractivity contribution in [3.05, 3.63) is 23.8 Å². The number of nitrogens with zero attached hydrogens (tertiary/aromatic N) is 2. The third-order valence-electron chi connectivity index (χ3n) is 4.84. The van der Waals surface area contributed by atoms with Crippen LogP contribution in [0.25, 0.3) is 0 Å². The molecule has 3 amide bonds. The van der Waals surface area contributed by atoms with E-state index in [2.05, 4.69) is 27.8 Å². The summed E-state index contributed by atoms with van der Waals surface area (Å²) in [5, 5.41) is 8.63. The number of morpholine rings is 1. The summed E-state index contributed by atoms with van der Waals surface area (Å²) in [4.78, 5) is 29.0. The van der Waals surface area contributed by atoms with Crippen LogP contribution in [0.5, 0.6) is 0 Å². The molecule has 0 saturated carbocycles. The number of rotatable bonds is 10. The molecule has 1 aromatic rings. The number of carbonyl (C=O) groups is 2. The third-order valence-corrected chi connectivity index (χ3v) is 4.84. The second-order valence-corrected chi connectivity index (χ2v) is 7.42. The molecule has 2 rings (SSSR count). The minimum Gasteiger partial charge on any atom is -0.379 e. The Bertz CT molecular complexity index is 660. The van der Waals surface area contributed by atoms with Crippen LogP contribution in [0.15, 0.2) is 18.2 Å². The Hall–Kier alpha value is -2.32. The van der Waals surface area contributed by atoms with Crippen molar-refractivity contribution in [3.63, 3.8) is 0 Å². The van der Waals surface area contributed by atoms with E-state index in [-0.39, 0.29) is 11.9 Å². The zero-order chi connectivity index (χ0) is 21.1. The number of hydrogen-bond donors (Lipinski definition) is 3. The first-order valence-corrected chi connectivity index (χ1v) is 10.5. The third kappa shape index (κ3) is 7.91. The van der Waals surface area contributed by atoms with Gasteiger partial charge in [-0.3, -0.25) is 9.69 Å². The van der Waals surface area contributed by atoms with Crippen LogP contribution in [0.2, 0.25) is 0 Å². The van der Waals surface area contributed by atoms with Gasteiger partial charge < -0.3 is 25.6 Å². The van der Waals surface area contributed by atoms with Crippen molar-refractivity contribution in [2.24, 2.45) is 0 Å². The van der Waals surface area contributed by atoms with Crippen molar-refractivity contribution in [3.8, 4) is 0 Å². The average molecular weight is 406 g/mol. The van der Waals surface area contributed by atoms with Crippen molar-refractivity contribution < 1.29 is 14.3 Å². The fourth-order valence-corrected chi connectivity index (χ4v) is 3.16. The zero-order valence-corrected chi connectivity index (χ0v) is 17.9. The molecule has 1 saturated heterocycles. The molecule has 0 radical (unpaired) electrons. The number of benzene rings is 1. The molecular weight excluding hydrogens is 370 g/mol. The van der Waals surface area contributed by atoms with Crippen molar-refractivity contribution >= 4 is 23.3 Å². The van der Waals surface area contributed by atoms with E-state index in [9.17, 15) is 9.59 Å². The summed E-state index contributed by atoms with van der Waals surface area (Å²) in [7, 11) is 3.80. The number of nitrogens with one attached hydrogen (secondary N) is 3. The van der Waals surface area contributed by atoms with Gasteiger partial charge in [-0.25, -0.2) is 4.79 Å². The van der Waals surface area contributed by atoms with Gasteiger partial charge in [0.1, 0.15) is 0 Å². The highest BCUT2D eigenvalue weighted by Gasteiger charge is 2.15. The van der Waals surface area contributed by atoms with Crippen molar-refractivity contribution in [2.75, 3.05) is 70.2 Å². The van der Waals surface area contributed by atoms with Gasteiger partial charge in [0.15, 0.2) is 0 Å². The van der Waals surface area contributed by atoms with Crippen LogP contribution in [-0.4, -0.2) is 76.9 Å². The van der Waals surface area contributed by atoms with Crippen LogP contribution >= 0.6 is 0 Å². The van der Waals surface area contributed by atoms with Gasteiger partial charge in [0.25, 0.3) is 5.91 Å². The Morgan fingerprint density at radius 1 is 1.10 bits per heavy atom. The molecule has 1 aromatic carbocycles. The average Bonchev–Trinajstić information content (AvgIpc) is 2.71. The Kier molecular flexibility index (Phi) is 9.73. The summed E-state index contributed by atoms with van der Waals surface area (Å²) in [5.41, 5.74) is 1.96. The fraction of sp³-hybridized carbons (Fsp3) is 0.619. The molecule has 1 aliphatic heterocycles. The highest BCUT2D eigenvalue weighted by molar-refractivity contribution is 6.01. The summed E-state index contributed by atoms with van der Waals surface area (Å²) < 4.78 is 5.35. The maximum atomic E-state index is 12.8. The molecule has 0 aliphatic carbocycles. The maximum Gasteiger partial charge on any atom is 0.319 e. The van der Waals surface area contributed by atoms with Crippen LogP contribution in [0, 0.1) is 0 Å². The van der Waals surface area contributed by atoms with Gasteiger partial charge in [-0.1, -0.05) is 13.3 Å². The standard InChI is InChI=1S/C21H35N5O3/c1-4-5-9-23-21(28)24-17-7-8-19(25(2)3)18(16-17)20(27)22-10-6-11-26-12-14-29-15-13-26/h7-8,16H,4-6,9-15H2,1-3H3,(H,22,27)(H2,23,24,28). The van der Waals surface area contributed by atoms with E-state index in [1.165, 1.54) is 0 Å². The first kappa shape index (κ1) is 23.0. The Labute approximate surface area is 174 Å². The lowest BCUT2D eigenvalue weighted by molar-refractivity contribution is 0.0374. The summed E-state index contributed by atoms with van der Waals surface area (Å²) in [5.74, 6) is -0.134. The molecule has 29 heavy (non-hydrogen) atoms. The number of anilines is 2. The molecule has 0 spiro atoms. The van der Waals surface area contributed by atoms with E-state index in [1.54, 1.807) is 6.07 Å². The lowest BCUT2D eigenvalue weighted by Crippen LogP contribution is -2.38. The van der Waals surface area contributed by atoms with E-state index in [0.29, 0.717) is 24.3 Å². The van der Waals surface area contributed by atoms with Gasteiger partial charge in [-0.05, 0) is 37.6 Å². The summed E-state index contributed by atoms with van der Waals surface area (Å²) in [6.45, 7) is 7.73. The van der Waals surface area contributed by atoms with Crippen molar-refractivity contribution in [2.45, 2.75) is 26.2 Å². The molecule has 8 heteroatoms. The first-order valence-electron chi connectivity index (χ1n) is 10.5. The molecule has 0 bridgehead atoms. The highest BCUT2D eigenvalue weighted by atomic mass is 16.5. The summed E-state index contributed by atoms with van der Waals surface area (Å²) in [6, 6.07) is 5.13. The van der Waals surface area contributed by atoms with Gasteiger partial charge in [-0.2, -0.15) is 0 Å². The van der Waals surface area contributed by atoms with Crippen LogP contribution in [0.3, 0.4) is 0 Å². The molecule has 0 atom stereocenters. The van der Waals surface area contributed by atoms with Crippen molar-refractivity contribution in [1.29, 1.82) is 0 Å². The van der Waals surface area contributed by atoms with Crippen LogP contribution in [0.4, 0.5) is 16.2 Å². The largest absolute Gasteiger partial charge is 0.379 e. The van der Waals surface area contributed by atoms with Gasteiger partial charge >= 0.3 is 6.03 Å². The second kappa shape index (κ2) is 12.3. The predicted octanol–water partition coefficient (Wildman–Crippen LogP) is 2.13. The smallest absolute Gasteiger partial charge is 0.319 e. The molecule has 0 aromatic heterocycles. The lowest BCUT2D eigenvalue weighted by Gasteiger charge is -2.26. The lowest BCUT2D eigenvalue weighted by atomic mass is 10.1. The summed E-state index contributed by atoms with van der Waals surface area (Å²) >= 11 is 0. The number of ether oxygens (including phenoxy) is 1. The molecular formula is C21H35N5O3. The molecule has 0 unspecified atom stereocenters. The molecule has 1 heterocycles. The molecule has 162 valence electrons. The van der Waals surface area contributed by atoms with Crippen LogP contribution in [-0.2, 0) is 4.74 Å². The highest BCUT2D eigenvalue weighted by Crippen LogP contribution is 2.23. The topological polar surface area (TPSA) is 85.9 Å². The number of amides is 3. The van der Waals surface area contributed by atoms with E-state index in [0.717, 1.165) is 57.8 Å². The number of unbranched alkanes of at least 4 members (excludes halogenated alkanes) is 1.